The number of aromatic nitrogens is 1. The van der Waals surface area contributed by atoms with Crippen LogP contribution in [-0.2, 0) is 6.42 Å². The molecule has 2 nitrogen and oxygen atoms in total. The van der Waals surface area contributed by atoms with E-state index in [1.54, 1.807) is 22.7 Å². The fourth-order valence-electron chi connectivity index (χ4n) is 1.81. The number of anilines is 1. The van der Waals surface area contributed by atoms with Gasteiger partial charge in [0.05, 0.1) is 15.2 Å². The minimum absolute atomic E-state index is 0.866. The minimum atomic E-state index is 0.866. The Morgan fingerprint density at radius 2 is 2.11 bits per heavy atom. The van der Waals surface area contributed by atoms with Gasteiger partial charge in [0.2, 0.25) is 0 Å². The van der Waals surface area contributed by atoms with E-state index >= 15 is 0 Å². The third-order valence-electron chi connectivity index (χ3n) is 2.74. The summed E-state index contributed by atoms with van der Waals surface area (Å²) in [7, 11) is 0. The molecule has 92 valence electrons. The number of fused-ring (bicyclic) bond motifs is 1. The van der Waals surface area contributed by atoms with E-state index in [0.717, 1.165) is 32.0 Å². The Balaban J connectivity index is 2.15. The van der Waals surface area contributed by atoms with Crippen LogP contribution in [0.25, 0.3) is 20.8 Å². The number of benzene rings is 1. The molecule has 2 N–H and O–H groups in total. The zero-order valence-electron chi connectivity index (χ0n) is 9.74. The van der Waals surface area contributed by atoms with Gasteiger partial charge in [-0.1, -0.05) is 22.9 Å². The molecule has 0 atom stereocenters. The largest absolute Gasteiger partial charge is 0.390 e. The summed E-state index contributed by atoms with van der Waals surface area (Å²) in [5, 5.41) is 1.88. The predicted molar refractivity (Wildman–Crippen MR) is 84.4 cm³/mol. The summed E-state index contributed by atoms with van der Waals surface area (Å²) in [6.45, 7) is 2.14. The molecule has 3 rings (SSSR count). The van der Waals surface area contributed by atoms with Crippen LogP contribution in [0, 0.1) is 0 Å². The van der Waals surface area contributed by atoms with Gasteiger partial charge in [0, 0.05) is 14.9 Å². The van der Waals surface area contributed by atoms with Crippen LogP contribution >= 0.6 is 38.6 Å². The number of nitrogens with two attached hydrogens (primary N) is 1. The van der Waals surface area contributed by atoms with E-state index in [4.69, 9.17) is 5.73 Å². The Hall–Kier alpha value is -0.910. The van der Waals surface area contributed by atoms with E-state index in [1.165, 1.54) is 9.58 Å². The molecule has 0 unspecified atom stereocenters. The summed E-state index contributed by atoms with van der Waals surface area (Å²) in [5.74, 6) is 0. The van der Waals surface area contributed by atoms with E-state index in [-0.39, 0.29) is 0 Å². The van der Waals surface area contributed by atoms with E-state index in [2.05, 4.69) is 40.0 Å². The van der Waals surface area contributed by atoms with Gasteiger partial charge >= 0.3 is 0 Å². The lowest BCUT2D eigenvalue weighted by molar-refractivity contribution is 1.19. The number of aryl methyl sites for hydroxylation is 1. The molecular formula is C13H11BrN2S2. The summed E-state index contributed by atoms with van der Waals surface area (Å²) >= 11 is 6.83. The quantitative estimate of drug-likeness (QED) is 0.719. The average Bonchev–Trinajstić information content (AvgIpc) is 2.91. The second-order valence-electron chi connectivity index (χ2n) is 3.98. The van der Waals surface area contributed by atoms with Gasteiger partial charge in [0.15, 0.2) is 0 Å². The summed E-state index contributed by atoms with van der Waals surface area (Å²) in [5.41, 5.74) is 8.18. The molecule has 0 saturated heterocycles. The van der Waals surface area contributed by atoms with E-state index < -0.39 is 0 Å². The van der Waals surface area contributed by atoms with Crippen LogP contribution in [-0.4, -0.2) is 4.98 Å². The number of hydrogen-bond donors (Lipinski definition) is 1. The second kappa shape index (κ2) is 4.64. The monoisotopic (exact) mass is 338 g/mol. The van der Waals surface area contributed by atoms with Gasteiger partial charge in [-0.2, -0.15) is 0 Å². The molecule has 0 aliphatic heterocycles. The second-order valence-corrected chi connectivity index (χ2v) is 7.09. The Morgan fingerprint density at radius 1 is 1.28 bits per heavy atom. The van der Waals surface area contributed by atoms with Crippen LogP contribution in [0.2, 0.25) is 0 Å². The van der Waals surface area contributed by atoms with Crippen LogP contribution in [0.1, 0.15) is 11.8 Å². The molecule has 0 fully saturated rings. The molecule has 0 spiro atoms. The van der Waals surface area contributed by atoms with Crippen LogP contribution < -0.4 is 5.73 Å². The maximum absolute atomic E-state index is 6.08. The minimum Gasteiger partial charge on any atom is -0.390 e. The van der Waals surface area contributed by atoms with Gasteiger partial charge in [-0.25, -0.2) is 4.98 Å². The maximum atomic E-state index is 6.08. The van der Waals surface area contributed by atoms with Crippen molar-refractivity contribution < 1.29 is 0 Å². The zero-order valence-corrected chi connectivity index (χ0v) is 13.0. The Labute approximate surface area is 122 Å². The molecule has 0 radical (unpaired) electrons. The number of nitrogens with zero attached hydrogens (tertiary/aromatic N) is 1. The van der Waals surface area contributed by atoms with E-state index in [0.29, 0.717) is 0 Å². The number of rotatable bonds is 2. The molecular weight excluding hydrogens is 328 g/mol. The van der Waals surface area contributed by atoms with Crippen molar-refractivity contribution in [3.63, 3.8) is 0 Å². The Bertz CT molecular complexity index is 715. The standard InChI is InChI=1S/C13H11BrN2S2/c1-2-8-6-9(12(15)17-8)13-16-10-4-3-7(14)5-11(10)18-13/h3-6H,2,15H2,1H3. The normalized spacial score (nSPS) is 11.2. The average molecular weight is 339 g/mol. The first-order valence-electron chi connectivity index (χ1n) is 5.62. The maximum Gasteiger partial charge on any atom is 0.127 e. The highest BCUT2D eigenvalue weighted by atomic mass is 79.9. The summed E-state index contributed by atoms with van der Waals surface area (Å²) in [6.07, 6.45) is 1.02. The third kappa shape index (κ3) is 2.06. The van der Waals surface area contributed by atoms with Crippen LogP contribution in [0.5, 0.6) is 0 Å². The van der Waals surface area contributed by atoms with Gasteiger partial charge < -0.3 is 5.73 Å². The molecule has 0 saturated carbocycles. The van der Waals surface area contributed by atoms with Crippen LogP contribution in [0.4, 0.5) is 5.00 Å². The highest BCUT2D eigenvalue weighted by molar-refractivity contribution is 9.10. The summed E-state index contributed by atoms with van der Waals surface area (Å²) in [4.78, 5) is 5.97. The first kappa shape index (κ1) is 12.1. The zero-order chi connectivity index (χ0) is 12.7. The molecule has 18 heavy (non-hydrogen) atoms. The molecule has 5 heteroatoms. The van der Waals surface area contributed by atoms with Crippen LogP contribution in [0.3, 0.4) is 0 Å². The molecule has 0 amide bonds. The highest BCUT2D eigenvalue weighted by Gasteiger charge is 2.12. The lowest BCUT2D eigenvalue weighted by Crippen LogP contribution is -1.81. The van der Waals surface area contributed by atoms with Crippen molar-refractivity contribution in [1.82, 2.24) is 4.98 Å². The molecule has 0 bridgehead atoms. The van der Waals surface area contributed by atoms with Gasteiger partial charge in [0.1, 0.15) is 5.01 Å². The third-order valence-corrected chi connectivity index (χ3v) is 5.39. The molecule has 3 aromatic rings. The smallest absolute Gasteiger partial charge is 0.127 e. The van der Waals surface area contributed by atoms with E-state index in [1.807, 2.05) is 12.1 Å². The van der Waals surface area contributed by atoms with Crippen molar-refractivity contribution in [3.05, 3.63) is 33.6 Å². The van der Waals surface area contributed by atoms with Gasteiger partial charge in [-0.15, -0.1) is 22.7 Å². The topological polar surface area (TPSA) is 38.9 Å². The number of halogens is 1. The number of thiazole rings is 1. The summed E-state index contributed by atoms with van der Waals surface area (Å²) < 4.78 is 2.26. The molecule has 0 aliphatic carbocycles. The highest BCUT2D eigenvalue weighted by Crippen LogP contribution is 2.38. The van der Waals surface area contributed by atoms with Crippen molar-refractivity contribution in [1.29, 1.82) is 0 Å². The molecule has 1 aromatic carbocycles. The van der Waals surface area contributed by atoms with Crippen molar-refractivity contribution >= 4 is 53.8 Å². The van der Waals surface area contributed by atoms with Crippen molar-refractivity contribution in [2.75, 3.05) is 5.73 Å². The summed E-state index contributed by atoms with van der Waals surface area (Å²) in [6, 6.07) is 8.30. The lowest BCUT2D eigenvalue weighted by atomic mass is 10.3. The predicted octanol–water partition coefficient (Wildman–Crippen LogP) is 4.93. The Kier molecular flexibility index (Phi) is 3.13. The fourth-order valence-corrected chi connectivity index (χ4v) is 4.29. The van der Waals surface area contributed by atoms with Crippen molar-refractivity contribution in [3.8, 4) is 10.6 Å². The van der Waals surface area contributed by atoms with E-state index in [9.17, 15) is 0 Å². The first-order valence-corrected chi connectivity index (χ1v) is 8.04. The number of nitrogen functional groups attached to an aromatic ring is 1. The van der Waals surface area contributed by atoms with Crippen molar-refractivity contribution in [2.24, 2.45) is 0 Å². The lowest BCUT2D eigenvalue weighted by Gasteiger charge is -1.90. The van der Waals surface area contributed by atoms with Gasteiger partial charge in [-0.05, 0) is 30.7 Å². The first-order chi connectivity index (χ1) is 8.67. The number of thiophene rings is 1. The van der Waals surface area contributed by atoms with Gasteiger partial charge in [-0.3, -0.25) is 0 Å². The van der Waals surface area contributed by atoms with Crippen molar-refractivity contribution in [2.45, 2.75) is 13.3 Å². The number of hydrogen-bond acceptors (Lipinski definition) is 4. The Morgan fingerprint density at radius 3 is 2.83 bits per heavy atom. The molecule has 2 aromatic heterocycles. The van der Waals surface area contributed by atoms with Gasteiger partial charge in [0.25, 0.3) is 0 Å². The SMILES string of the molecule is CCc1cc(-c2nc3ccc(Br)cc3s2)c(N)s1. The van der Waals surface area contributed by atoms with Crippen LogP contribution in [0.15, 0.2) is 28.7 Å². The molecule has 2 heterocycles. The molecule has 0 aliphatic rings. The fraction of sp³-hybridized carbons (Fsp3) is 0.154.